The fourth-order valence-corrected chi connectivity index (χ4v) is 1.69. The van der Waals surface area contributed by atoms with Crippen LogP contribution in [0.2, 0.25) is 5.02 Å². The molecule has 0 aliphatic carbocycles. The van der Waals surface area contributed by atoms with Crippen molar-refractivity contribution in [3.8, 4) is 5.88 Å². The number of aromatic nitrogens is 1. The van der Waals surface area contributed by atoms with Crippen molar-refractivity contribution < 1.29 is 9.66 Å². The van der Waals surface area contributed by atoms with Crippen molar-refractivity contribution in [3.05, 3.63) is 57.1 Å². The molecule has 0 saturated heterocycles. The van der Waals surface area contributed by atoms with Gasteiger partial charge >= 0.3 is 0 Å². The minimum absolute atomic E-state index is 0.0373. The van der Waals surface area contributed by atoms with Gasteiger partial charge in [-0.05, 0) is 17.7 Å². The lowest BCUT2D eigenvalue weighted by molar-refractivity contribution is -0.384. The minimum Gasteiger partial charge on any atom is -0.473 e. The van der Waals surface area contributed by atoms with Gasteiger partial charge in [-0.1, -0.05) is 23.7 Å². The van der Waals surface area contributed by atoms with E-state index in [0.717, 1.165) is 5.56 Å². The van der Waals surface area contributed by atoms with Crippen LogP contribution in [0.3, 0.4) is 0 Å². The Morgan fingerprint density at radius 2 is 2.16 bits per heavy atom. The summed E-state index contributed by atoms with van der Waals surface area (Å²) in [5.41, 5.74) is 6.15. The number of rotatable bonds is 4. The number of hydrogen-bond donors (Lipinski definition) is 1. The van der Waals surface area contributed by atoms with Crippen molar-refractivity contribution in [2.75, 3.05) is 5.73 Å². The fraction of sp³-hybridized carbons (Fsp3) is 0.0833. The molecule has 0 aliphatic heterocycles. The topological polar surface area (TPSA) is 91.3 Å². The number of nitrogen functional groups attached to an aromatic ring is 1. The molecule has 1 aromatic heterocycles. The second-order valence-electron chi connectivity index (χ2n) is 3.76. The van der Waals surface area contributed by atoms with E-state index in [-0.39, 0.29) is 24.0 Å². The molecule has 0 aliphatic rings. The van der Waals surface area contributed by atoms with E-state index < -0.39 is 4.92 Å². The van der Waals surface area contributed by atoms with Crippen LogP contribution >= 0.6 is 11.6 Å². The van der Waals surface area contributed by atoms with Gasteiger partial charge in [0.05, 0.1) is 17.1 Å². The number of pyridine rings is 1. The molecule has 0 fully saturated rings. The Morgan fingerprint density at radius 1 is 1.37 bits per heavy atom. The quantitative estimate of drug-likeness (QED) is 0.686. The summed E-state index contributed by atoms with van der Waals surface area (Å²) >= 11 is 5.84. The molecule has 0 spiro atoms. The van der Waals surface area contributed by atoms with E-state index in [4.69, 9.17) is 22.1 Å². The monoisotopic (exact) mass is 279 g/mol. The Kier molecular flexibility index (Phi) is 3.82. The zero-order valence-electron chi connectivity index (χ0n) is 9.75. The van der Waals surface area contributed by atoms with E-state index in [1.165, 1.54) is 12.1 Å². The van der Waals surface area contributed by atoms with Crippen LogP contribution in [0.4, 0.5) is 11.5 Å². The van der Waals surface area contributed by atoms with Crippen LogP contribution in [-0.2, 0) is 6.61 Å². The van der Waals surface area contributed by atoms with Gasteiger partial charge in [-0.2, -0.15) is 4.98 Å². The number of hydrogen-bond acceptors (Lipinski definition) is 5. The van der Waals surface area contributed by atoms with Gasteiger partial charge in [-0.15, -0.1) is 0 Å². The summed E-state index contributed by atoms with van der Waals surface area (Å²) in [5, 5.41) is 11.3. The van der Waals surface area contributed by atoms with Crippen molar-refractivity contribution in [2.24, 2.45) is 0 Å². The number of nitrogens with zero attached hydrogens (tertiary/aromatic N) is 2. The lowest BCUT2D eigenvalue weighted by Crippen LogP contribution is -2.01. The molecule has 1 aromatic carbocycles. The second-order valence-corrected chi connectivity index (χ2v) is 4.20. The van der Waals surface area contributed by atoms with Gasteiger partial charge in [0.25, 0.3) is 5.69 Å². The van der Waals surface area contributed by atoms with Gasteiger partial charge in [0.1, 0.15) is 12.4 Å². The lowest BCUT2D eigenvalue weighted by Gasteiger charge is -2.06. The lowest BCUT2D eigenvalue weighted by atomic mass is 10.2. The molecule has 2 N–H and O–H groups in total. The predicted octanol–water partition coefficient (Wildman–Crippen LogP) is 2.80. The molecule has 2 aromatic rings. The van der Waals surface area contributed by atoms with Gasteiger partial charge < -0.3 is 10.5 Å². The van der Waals surface area contributed by atoms with Crippen LogP contribution in [0.25, 0.3) is 0 Å². The average molecular weight is 280 g/mol. The fourth-order valence-electron chi connectivity index (χ4n) is 1.47. The SMILES string of the molecule is Nc1cc([N+](=O)[O-])cc(OCc2cccc(Cl)c2)n1. The summed E-state index contributed by atoms with van der Waals surface area (Å²) in [7, 11) is 0. The maximum absolute atomic E-state index is 10.7. The number of benzene rings is 1. The highest BCUT2D eigenvalue weighted by molar-refractivity contribution is 6.30. The zero-order chi connectivity index (χ0) is 13.8. The van der Waals surface area contributed by atoms with E-state index in [9.17, 15) is 10.1 Å². The van der Waals surface area contributed by atoms with Crippen molar-refractivity contribution >= 4 is 23.1 Å². The summed E-state index contributed by atoms with van der Waals surface area (Å²) in [6, 6.07) is 9.49. The number of ether oxygens (including phenoxy) is 1. The van der Waals surface area contributed by atoms with Gasteiger partial charge in [-0.3, -0.25) is 10.1 Å². The Balaban J connectivity index is 2.13. The third-order valence-corrected chi connectivity index (χ3v) is 2.53. The number of anilines is 1. The average Bonchev–Trinajstić information content (AvgIpc) is 2.36. The van der Waals surface area contributed by atoms with Crippen molar-refractivity contribution in [3.63, 3.8) is 0 Å². The van der Waals surface area contributed by atoms with E-state index in [1.54, 1.807) is 18.2 Å². The molecule has 98 valence electrons. The first kappa shape index (κ1) is 13.1. The van der Waals surface area contributed by atoms with Gasteiger partial charge in [0, 0.05) is 5.02 Å². The summed E-state index contributed by atoms with van der Waals surface area (Å²) < 4.78 is 5.36. The van der Waals surface area contributed by atoms with Crippen LogP contribution < -0.4 is 10.5 Å². The molecule has 2 rings (SSSR count). The standard InChI is InChI=1S/C12H10ClN3O3/c13-9-3-1-2-8(4-9)7-19-12-6-10(16(17)18)5-11(14)15-12/h1-6H,7H2,(H2,14,15). The molecule has 0 saturated carbocycles. The summed E-state index contributed by atoms with van der Waals surface area (Å²) in [5.74, 6) is 0.141. The number of nitrogens with two attached hydrogens (primary N) is 1. The van der Waals surface area contributed by atoms with Crippen LogP contribution in [0.1, 0.15) is 5.56 Å². The smallest absolute Gasteiger partial charge is 0.278 e. The minimum atomic E-state index is -0.551. The number of nitro groups is 1. The molecule has 0 amide bonds. The molecular weight excluding hydrogens is 270 g/mol. The zero-order valence-corrected chi connectivity index (χ0v) is 10.5. The van der Waals surface area contributed by atoms with E-state index in [1.807, 2.05) is 6.07 Å². The van der Waals surface area contributed by atoms with Gasteiger partial charge in [0.15, 0.2) is 0 Å². The summed E-state index contributed by atoms with van der Waals surface area (Å²) in [6.07, 6.45) is 0. The molecule has 0 bridgehead atoms. The molecule has 7 heteroatoms. The Hall–Kier alpha value is -2.34. The summed E-state index contributed by atoms with van der Waals surface area (Å²) in [4.78, 5) is 14.0. The Morgan fingerprint density at radius 3 is 2.84 bits per heavy atom. The first-order chi connectivity index (χ1) is 9.04. The molecule has 6 nitrogen and oxygen atoms in total. The second kappa shape index (κ2) is 5.53. The van der Waals surface area contributed by atoms with Crippen LogP contribution in [0, 0.1) is 10.1 Å². The molecule has 19 heavy (non-hydrogen) atoms. The van der Waals surface area contributed by atoms with Crippen LogP contribution in [0.15, 0.2) is 36.4 Å². The maximum atomic E-state index is 10.7. The molecule has 0 atom stereocenters. The van der Waals surface area contributed by atoms with E-state index in [0.29, 0.717) is 5.02 Å². The number of halogens is 1. The van der Waals surface area contributed by atoms with Crippen molar-refractivity contribution in [1.29, 1.82) is 0 Å². The third-order valence-electron chi connectivity index (χ3n) is 2.29. The van der Waals surface area contributed by atoms with Crippen LogP contribution in [0.5, 0.6) is 5.88 Å². The van der Waals surface area contributed by atoms with Crippen LogP contribution in [-0.4, -0.2) is 9.91 Å². The molecule has 0 unspecified atom stereocenters. The Bertz CT molecular complexity index is 619. The highest BCUT2D eigenvalue weighted by Crippen LogP contribution is 2.21. The van der Waals surface area contributed by atoms with Gasteiger partial charge in [-0.25, -0.2) is 0 Å². The molecule has 0 radical (unpaired) electrons. The normalized spacial score (nSPS) is 10.2. The summed E-state index contributed by atoms with van der Waals surface area (Å²) in [6.45, 7) is 0.203. The van der Waals surface area contributed by atoms with E-state index in [2.05, 4.69) is 4.98 Å². The predicted molar refractivity (Wildman–Crippen MR) is 71.1 cm³/mol. The van der Waals surface area contributed by atoms with Gasteiger partial charge in [0.2, 0.25) is 5.88 Å². The van der Waals surface area contributed by atoms with Crippen molar-refractivity contribution in [1.82, 2.24) is 4.98 Å². The highest BCUT2D eigenvalue weighted by atomic mass is 35.5. The first-order valence-electron chi connectivity index (χ1n) is 5.34. The first-order valence-corrected chi connectivity index (χ1v) is 5.71. The Labute approximate surface area is 113 Å². The third kappa shape index (κ3) is 3.56. The maximum Gasteiger partial charge on any atom is 0.278 e. The molecule has 1 heterocycles. The highest BCUT2D eigenvalue weighted by Gasteiger charge is 2.10. The largest absolute Gasteiger partial charge is 0.473 e. The van der Waals surface area contributed by atoms with Crippen molar-refractivity contribution in [2.45, 2.75) is 6.61 Å². The molecular formula is C12H10ClN3O3. The van der Waals surface area contributed by atoms with E-state index >= 15 is 0 Å².